The molecular formula is C45H32N4. The number of hydrogen-bond acceptors (Lipinski definition) is 2. The minimum Gasteiger partial charge on any atom is -0.309 e. The van der Waals surface area contributed by atoms with Gasteiger partial charge < -0.3 is 4.57 Å². The number of benzene rings is 7. The molecule has 4 heteroatoms. The van der Waals surface area contributed by atoms with Crippen molar-refractivity contribution in [2.24, 2.45) is 9.98 Å². The molecule has 0 aliphatic rings. The Hall–Kier alpha value is -6.52. The summed E-state index contributed by atoms with van der Waals surface area (Å²) in [5, 5.41) is 4.90. The van der Waals surface area contributed by atoms with Crippen LogP contribution in [0.25, 0.3) is 60.4 Å². The lowest BCUT2D eigenvalue weighted by Crippen LogP contribution is -2.06. The van der Waals surface area contributed by atoms with E-state index in [9.17, 15) is 0 Å². The highest BCUT2D eigenvalue weighted by Crippen LogP contribution is 2.37. The van der Waals surface area contributed by atoms with Gasteiger partial charge in [-0.25, -0.2) is 4.99 Å². The molecular weight excluding hydrogens is 597 g/mol. The molecule has 2 heterocycles. The predicted octanol–water partition coefficient (Wildman–Crippen LogP) is 11.9. The fraction of sp³-hybridized carbons (Fsp3) is 0.0222. The first-order valence-corrected chi connectivity index (χ1v) is 16.6. The lowest BCUT2D eigenvalue weighted by Gasteiger charge is -2.10. The van der Waals surface area contributed by atoms with Gasteiger partial charge in [-0.1, -0.05) is 103 Å². The van der Waals surface area contributed by atoms with Crippen molar-refractivity contribution in [3.63, 3.8) is 0 Å². The zero-order valence-electron chi connectivity index (χ0n) is 27.0. The molecule has 0 bridgehead atoms. The van der Waals surface area contributed by atoms with Crippen molar-refractivity contribution in [1.29, 1.82) is 0 Å². The number of fused-ring (bicyclic) bond motifs is 6. The highest BCUT2D eigenvalue weighted by Gasteiger charge is 2.16. The van der Waals surface area contributed by atoms with E-state index in [-0.39, 0.29) is 0 Å². The van der Waals surface area contributed by atoms with Crippen LogP contribution in [0.15, 0.2) is 180 Å². The SMILES string of the molecule is C/C(=N\c1ccccc1/C=N/c1ccccc1)n1c2ccccc2c2cc(-c3ccc4c(c3)c3ccccc3n4-c3ccccc3)ccc21. The smallest absolute Gasteiger partial charge is 0.111 e. The molecule has 9 aromatic rings. The number of aliphatic imine (C=N–C) groups is 2. The molecule has 9 rings (SSSR count). The van der Waals surface area contributed by atoms with Crippen molar-refractivity contribution >= 4 is 67.0 Å². The Kier molecular flexibility index (Phi) is 6.98. The summed E-state index contributed by atoms with van der Waals surface area (Å²) in [6.07, 6.45) is 1.90. The highest BCUT2D eigenvalue weighted by molar-refractivity contribution is 6.16. The van der Waals surface area contributed by atoms with Crippen molar-refractivity contribution < 1.29 is 0 Å². The lowest BCUT2D eigenvalue weighted by atomic mass is 10.0. The zero-order valence-corrected chi connectivity index (χ0v) is 27.0. The van der Waals surface area contributed by atoms with E-state index in [2.05, 4.69) is 137 Å². The van der Waals surface area contributed by atoms with Crippen molar-refractivity contribution in [2.75, 3.05) is 0 Å². The second-order valence-electron chi connectivity index (χ2n) is 12.3. The fourth-order valence-corrected chi connectivity index (χ4v) is 7.09. The van der Waals surface area contributed by atoms with Gasteiger partial charge in [-0.3, -0.25) is 9.56 Å². The van der Waals surface area contributed by atoms with Gasteiger partial charge in [0.1, 0.15) is 5.84 Å². The molecule has 0 unspecified atom stereocenters. The van der Waals surface area contributed by atoms with Gasteiger partial charge in [0.05, 0.1) is 33.4 Å². The molecule has 49 heavy (non-hydrogen) atoms. The maximum atomic E-state index is 5.17. The van der Waals surface area contributed by atoms with Crippen LogP contribution in [-0.4, -0.2) is 21.2 Å². The van der Waals surface area contributed by atoms with Crippen LogP contribution < -0.4 is 0 Å². The van der Waals surface area contributed by atoms with E-state index in [1.807, 2.05) is 54.7 Å². The third-order valence-electron chi connectivity index (χ3n) is 9.34. The van der Waals surface area contributed by atoms with E-state index in [1.54, 1.807) is 0 Å². The zero-order chi connectivity index (χ0) is 32.7. The molecule has 0 N–H and O–H groups in total. The molecule has 0 saturated carbocycles. The largest absolute Gasteiger partial charge is 0.309 e. The topological polar surface area (TPSA) is 34.6 Å². The van der Waals surface area contributed by atoms with Gasteiger partial charge in [0.2, 0.25) is 0 Å². The van der Waals surface area contributed by atoms with E-state index >= 15 is 0 Å². The molecule has 0 fully saturated rings. The second-order valence-corrected chi connectivity index (χ2v) is 12.3. The molecule has 2 aromatic heterocycles. The van der Waals surface area contributed by atoms with Crippen LogP contribution >= 0.6 is 0 Å². The quantitative estimate of drug-likeness (QED) is 0.134. The van der Waals surface area contributed by atoms with Gasteiger partial charge in [0.15, 0.2) is 0 Å². The molecule has 0 spiro atoms. The summed E-state index contributed by atoms with van der Waals surface area (Å²) in [5.41, 5.74) is 11.0. The normalized spacial score (nSPS) is 12.2. The van der Waals surface area contributed by atoms with Crippen LogP contribution in [0.4, 0.5) is 11.4 Å². The summed E-state index contributed by atoms with van der Waals surface area (Å²) in [6.45, 7) is 2.08. The molecule has 7 aromatic carbocycles. The summed E-state index contributed by atoms with van der Waals surface area (Å²) in [6, 6.07) is 59.7. The van der Waals surface area contributed by atoms with Gasteiger partial charge in [-0.15, -0.1) is 0 Å². The lowest BCUT2D eigenvalue weighted by molar-refractivity contribution is 1.18. The molecule has 0 saturated heterocycles. The highest BCUT2D eigenvalue weighted by atomic mass is 15.1. The number of para-hydroxylation sites is 5. The van der Waals surface area contributed by atoms with Gasteiger partial charge >= 0.3 is 0 Å². The summed E-state index contributed by atoms with van der Waals surface area (Å²) >= 11 is 0. The summed E-state index contributed by atoms with van der Waals surface area (Å²) < 4.78 is 4.63. The average Bonchev–Trinajstić information content (AvgIpc) is 3.67. The van der Waals surface area contributed by atoms with Gasteiger partial charge in [0, 0.05) is 39.0 Å². The standard InChI is InChI=1S/C45H32N4/c1-31(47-41-21-11-8-14-34(41)30-46-35-15-4-2-5-16-35)48-42-22-12-9-19-37(42)39-28-32(24-26-44(39)48)33-25-27-45-40(29-33)38-20-10-13-23-43(38)49(45)36-17-6-3-7-18-36/h2-30H,1H3/b46-30+,47-31+. The molecule has 0 aliphatic carbocycles. The first-order chi connectivity index (χ1) is 24.2. The maximum absolute atomic E-state index is 5.17. The van der Waals surface area contributed by atoms with Gasteiger partial charge in [-0.05, 0) is 84.8 Å². The van der Waals surface area contributed by atoms with Crippen LogP contribution in [0.1, 0.15) is 12.5 Å². The van der Waals surface area contributed by atoms with Crippen LogP contribution in [0, 0.1) is 0 Å². The van der Waals surface area contributed by atoms with Crippen molar-refractivity contribution in [3.05, 3.63) is 175 Å². The number of aromatic nitrogens is 2. The Morgan fingerprint density at radius 1 is 0.490 bits per heavy atom. The number of hydrogen-bond donors (Lipinski definition) is 0. The summed E-state index contributed by atoms with van der Waals surface area (Å²) in [4.78, 5) is 9.87. The predicted molar refractivity (Wildman–Crippen MR) is 208 cm³/mol. The van der Waals surface area contributed by atoms with Crippen LogP contribution in [-0.2, 0) is 0 Å². The minimum atomic E-state index is 0.880. The van der Waals surface area contributed by atoms with Crippen molar-refractivity contribution in [1.82, 2.24) is 9.13 Å². The third kappa shape index (κ3) is 5.02. The van der Waals surface area contributed by atoms with Crippen LogP contribution in [0.5, 0.6) is 0 Å². The second kappa shape index (κ2) is 11.9. The van der Waals surface area contributed by atoms with E-state index in [0.29, 0.717) is 0 Å². The third-order valence-corrected chi connectivity index (χ3v) is 9.34. The Labute approximate surface area is 284 Å². The van der Waals surface area contributed by atoms with Gasteiger partial charge in [0.25, 0.3) is 0 Å². The molecule has 0 radical (unpaired) electrons. The van der Waals surface area contributed by atoms with E-state index in [4.69, 9.17) is 9.98 Å². The maximum Gasteiger partial charge on any atom is 0.111 e. The molecule has 4 nitrogen and oxygen atoms in total. The van der Waals surface area contributed by atoms with E-state index < -0.39 is 0 Å². The summed E-state index contributed by atoms with van der Waals surface area (Å²) in [5.74, 6) is 0.898. The van der Waals surface area contributed by atoms with Gasteiger partial charge in [-0.2, -0.15) is 0 Å². The minimum absolute atomic E-state index is 0.880. The molecule has 232 valence electrons. The Balaban J connectivity index is 1.16. The summed E-state index contributed by atoms with van der Waals surface area (Å²) in [7, 11) is 0. The van der Waals surface area contributed by atoms with Crippen LogP contribution in [0.2, 0.25) is 0 Å². The number of rotatable bonds is 5. The Bertz CT molecular complexity index is 2710. The van der Waals surface area contributed by atoms with E-state index in [0.717, 1.165) is 33.8 Å². The average molecular weight is 629 g/mol. The van der Waals surface area contributed by atoms with E-state index in [1.165, 1.54) is 49.4 Å². The van der Waals surface area contributed by atoms with Crippen molar-refractivity contribution in [2.45, 2.75) is 6.92 Å². The first-order valence-electron chi connectivity index (χ1n) is 16.6. The fourth-order valence-electron chi connectivity index (χ4n) is 7.09. The Morgan fingerprint density at radius 2 is 1.02 bits per heavy atom. The Morgan fingerprint density at radius 3 is 1.78 bits per heavy atom. The van der Waals surface area contributed by atoms with Crippen molar-refractivity contribution in [3.8, 4) is 16.8 Å². The van der Waals surface area contributed by atoms with Crippen LogP contribution in [0.3, 0.4) is 0 Å². The molecule has 0 aliphatic heterocycles. The molecule has 0 atom stereocenters. The first kappa shape index (κ1) is 28.7. The molecule has 0 amide bonds. The number of nitrogens with zero attached hydrogens (tertiary/aromatic N) is 4. The monoisotopic (exact) mass is 628 g/mol.